The summed E-state index contributed by atoms with van der Waals surface area (Å²) in [6, 6.07) is 5.17. The average Bonchev–Trinajstić information content (AvgIpc) is 3.06. The van der Waals surface area contributed by atoms with Gasteiger partial charge in [-0.3, -0.25) is 0 Å². The highest BCUT2D eigenvalue weighted by Crippen LogP contribution is 2.26. The molecule has 8 heteroatoms. The van der Waals surface area contributed by atoms with Gasteiger partial charge < -0.3 is 15.4 Å². The molecule has 0 unspecified atom stereocenters. The van der Waals surface area contributed by atoms with Crippen LogP contribution < -0.4 is 15.4 Å². The van der Waals surface area contributed by atoms with Gasteiger partial charge in [-0.05, 0) is 54.3 Å². The molecule has 1 saturated carbocycles. The zero-order chi connectivity index (χ0) is 17.6. The number of methoxy groups -OCH3 is 1. The van der Waals surface area contributed by atoms with E-state index in [4.69, 9.17) is 4.74 Å². The smallest absolute Gasteiger partial charge is 0.319 e. The Morgan fingerprint density at radius 1 is 1.32 bits per heavy atom. The standard InChI is InChI=1S/C17H24N6O2/c1-12-20-21-22-23(12)15-10-14(8-9-16(15)25-2)19-17(24)18-11-13-6-4-3-5-7-13/h8-10,13H,3-7,11H2,1-2H3,(H2,18,19,24). The summed E-state index contributed by atoms with van der Waals surface area (Å²) in [5.74, 6) is 1.86. The van der Waals surface area contributed by atoms with Crippen LogP contribution in [0.25, 0.3) is 5.69 Å². The van der Waals surface area contributed by atoms with Crippen LogP contribution in [0.4, 0.5) is 10.5 Å². The first-order chi connectivity index (χ1) is 12.2. The van der Waals surface area contributed by atoms with Gasteiger partial charge in [0.2, 0.25) is 0 Å². The summed E-state index contributed by atoms with van der Waals surface area (Å²) in [5.41, 5.74) is 1.34. The second kappa shape index (κ2) is 7.96. The molecule has 1 fully saturated rings. The van der Waals surface area contributed by atoms with Crippen LogP contribution in [-0.4, -0.2) is 39.9 Å². The van der Waals surface area contributed by atoms with Crippen molar-refractivity contribution < 1.29 is 9.53 Å². The van der Waals surface area contributed by atoms with Gasteiger partial charge in [0.15, 0.2) is 5.82 Å². The Kier molecular flexibility index (Phi) is 5.47. The molecule has 25 heavy (non-hydrogen) atoms. The molecule has 2 aromatic rings. The lowest BCUT2D eigenvalue weighted by atomic mass is 9.89. The van der Waals surface area contributed by atoms with Crippen molar-refractivity contribution in [1.82, 2.24) is 25.5 Å². The quantitative estimate of drug-likeness (QED) is 0.870. The predicted molar refractivity (Wildman–Crippen MR) is 94.0 cm³/mol. The van der Waals surface area contributed by atoms with Crippen molar-refractivity contribution in [2.24, 2.45) is 5.92 Å². The van der Waals surface area contributed by atoms with E-state index in [0.717, 1.165) is 6.54 Å². The fraction of sp³-hybridized carbons (Fsp3) is 0.529. The Hall–Kier alpha value is -2.64. The molecule has 2 amide bonds. The van der Waals surface area contributed by atoms with Gasteiger partial charge in [0.1, 0.15) is 11.4 Å². The van der Waals surface area contributed by atoms with E-state index < -0.39 is 0 Å². The molecule has 1 aliphatic rings. The summed E-state index contributed by atoms with van der Waals surface area (Å²) in [7, 11) is 1.59. The summed E-state index contributed by atoms with van der Waals surface area (Å²) < 4.78 is 6.94. The molecule has 0 atom stereocenters. The van der Waals surface area contributed by atoms with Crippen molar-refractivity contribution in [1.29, 1.82) is 0 Å². The van der Waals surface area contributed by atoms with Crippen molar-refractivity contribution in [3.8, 4) is 11.4 Å². The SMILES string of the molecule is COc1ccc(NC(=O)NCC2CCCCC2)cc1-n1nnnc1C. The van der Waals surface area contributed by atoms with Gasteiger partial charge in [-0.25, -0.2) is 4.79 Å². The minimum atomic E-state index is -0.199. The number of rotatable bonds is 5. The van der Waals surface area contributed by atoms with Gasteiger partial charge in [-0.1, -0.05) is 19.3 Å². The number of hydrogen-bond donors (Lipinski definition) is 2. The van der Waals surface area contributed by atoms with E-state index in [-0.39, 0.29) is 6.03 Å². The monoisotopic (exact) mass is 344 g/mol. The van der Waals surface area contributed by atoms with Crippen molar-refractivity contribution in [3.63, 3.8) is 0 Å². The van der Waals surface area contributed by atoms with Crippen molar-refractivity contribution in [3.05, 3.63) is 24.0 Å². The predicted octanol–water partition coefficient (Wildman–Crippen LogP) is 2.68. The molecule has 134 valence electrons. The summed E-state index contributed by atoms with van der Waals surface area (Å²) in [6.07, 6.45) is 6.24. The van der Waals surface area contributed by atoms with Crippen LogP contribution in [-0.2, 0) is 0 Å². The summed E-state index contributed by atoms with van der Waals surface area (Å²) >= 11 is 0. The number of ether oxygens (including phenoxy) is 1. The van der Waals surface area contributed by atoms with Gasteiger partial charge >= 0.3 is 6.03 Å². The number of carbonyl (C=O) groups is 1. The van der Waals surface area contributed by atoms with Crippen molar-refractivity contribution in [2.75, 3.05) is 19.0 Å². The lowest BCUT2D eigenvalue weighted by Crippen LogP contribution is -2.33. The second-order valence-corrected chi connectivity index (χ2v) is 6.36. The fourth-order valence-corrected chi connectivity index (χ4v) is 3.19. The zero-order valence-electron chi connectivity index (χ0n) is 14.7. The molecule has 8 nitrogen and oxygen atoms in total. The summed E-state index contributed by atoms with van der Waals surface area (Å²) in [5, 5.41) is 17.3. The molecule has 2 N–H and O–H groups in total. The largest absolute Gasteiger partial charge is 0.494 e. The molecule has 1 aromatic carbocycles. The van der Waals surface area contributed by atoms with Gasteiger partial charge in [0.05, 0.1) is 7.11 Å². The zero-order valence-corrected chi connectivity index (χ0v) is 14.7. The Bertz CT molecular complexity index is 724. The van der Waals surface area contributed by atoms with Crippen LogP contribution >= 0.6 is 0 Å². The van der Waals surface area contributed by atoms with Crippen LogP contribution in [0.2, 0.25) is 0 Å². The fourth-order valence-electron chi connectivity index (χ4n) is 3.19. The molecule has 1 aromatic heterocycles. The van der Waals surface area contributed by atoms with Crippen LogP contribution in [0, 0.1) is 12.8 Å². The number of carbonyl (C=O) groups excluding carboxylic acids is 1. The number of aryl methyl sites for hydroxylation is 1. The molecular formula is C17H24N6O2. The van der Waals surface area contributed by atoms with E-state index in [0.29, 0.717) is 28.9 Å². The normalized spacial score (nSPS) is 15.0. The molecule has 1 heterocycles. The van der Waals surface area contributed by atoms with Crippen LogP contribution in [0.5, 0.6) is 5.75 Å². The minimum absolute atomic E-state index is 0.199. The van der Waals surface area contributed by atoms with E-state index >= 15 is 0 Å². The Morgan fingerprint density at radius 2 is 2.12 bits per heavy atom. The first-order valence-corrected chi connectivity index (χ1v) is 8.65. The minimum Gasteiger partial charge on any atom is -0.494 e. The third-order valence-corrected chi connectivity index (χ3v) is 4.57. The highest BCUT2D eigenvalue weighted by Gasteiger charge is 2.15. The maximum atomic E-state index is 12.2. The summed E-state index contributed by atoms with van der Waals surface area (Å²) in [4.78, 5) is 12.2. The maximum absolute atomic E-state index is 12.2. The van der Waals surface area contributed by atoms with Gasteiger partial charge in [0, 0.05) is 12.2 Å². The topological polar surface area (TPSA) is 94.0 Å². The first-order valence-electron chi connectivity index (χ1n) is 8.65. The van der Waals surface area contributed by atoms with Crippen LogP contribution in [0.3, 0.4) is 0 Å². The number of anilines is 1. The highest BCUT2D eigenvalue weighted by atomic mass is 16.5. The second-order valence-electron chi connectivity index (χ2n) is 6.36. The molecule has 0 radical (unpaired) electrons. The lowest BCUT2D eigenvalue weighted by Gasteiger charge is -2.21. The van der Waals surface area contributed by atoms with Gasteiger partial charge in [0.25, 0.3) is 0 Å². The number of urea groups is 1. The number of benzene rings is 1. The summed E-state index contributed by atoms with van der Waals surface area (Å²) in [6.45, 7) is 2.53. The van der Waals surface area contributed by atoms with E-state index in [1.165, 1.54) is 32.1 Å². The third-order valence-electron chi connectivity index (χ3n) is 4.57. The number of nitrogens with one attached hydrogen (secondary N) is 2. The number of nitrogens with zero attached hydrogens (tertiary/aromatic N) is 4. The first kappa shape index (κ1) is 17.2. The van der Waals surface area contributed by atoms with Crippen molar-refractivity contribution >= 4 is 11.7 Å². The molecule has 3 rings (SSSR count). The van der Waals surface area contributed by atoms with Crippen LogP contribution in [0.1, 0.15) is 37.9 Å². The number of hydrogen-bond acceptors (Lipinski definition) is 5. The van der Waals surface area contributed by atoms with Gasteiger partial charge in [-0.2, -0.15) is 4.68 Å². The number of aromatic nitrogens is 4. The molecule has 0 spiro atoms. The lowest BCUT2D eigenvalue weighted by molar-refractivity contribution is 0.247. The van der Waals surface area contributed by atoms with E-state index in [1.54, 1.807) is 36.9 Å². The Labute approximate surface area is 146 Å². The number of tetrazole rings is 1. The molecule has 1 aliphatic carbocycles. The Balaban J connectivity index is 1.66. The van der Waals surface area contributed by atoms with Crippen molar-refractivity contribution in [2.45, 2.75) is 39.0 Å². The molecule has 0 saturated heterocycles. The molecular weight excluding hydrogens is 320 g/mol. The number of amides is 2. The third kappa shape index (κ3) is 4.26. The highest BCUT2D eigenvalue weighted by molar-refractivity contribution is 5.89. The maximum Gasteiger partial charge on any atom is 0.319 e. The van der Waals surface area contributed by atoms with Gasteiger partial charge in [-0.15, -0.1) is 5.10 Å². The molecule has 0 bridgehead atoms. The van der Waals surface area contributed by atoms with E-state index in [2.05, 4.69) is 26.2 Å². The molecule has 0 aliphatic heterocycles. The van der Waals surface area contributed by atoms with E-state index in [9.17, 15) is 4.79 Å². The average molecular weight is 344 g/mol. The van der Waals surface area contributed by atoms with Crippen LogP contribution in [0.15, 0.2) is 18.2 Å². The van der Waals surface area contributed by atoms with E-state index in [1.807, 2.05) is 0 Å². The Morgan fingerprint density at radius 3 is 2.80 bits per heavy atom.